The third kappa shape index (κ3) is 2.70. The highest BCUT2D eigenvalue weighted by atomic mass is 16.3. The van der Waals surface area contributed by atoms with Gasteiger partial charge in [0, 0.05) is 0 Å². The van der Waals surface area contributed by atoms with Gasteiger partial charge in [-0.05, 0) is 72.6 Å². The van der Waals surface area contributed by atoms with Crippen molar-refractivity contribution in [3.05, 3.63) is 47.0 Å². The van der Waals surface area contributed by atoms with E-state index in [-0.39, 0.29) is 0 Å². The van der Waals surface area contributed by atoms with Gasteiger partial charge in [-0.15, -0.1) is 0 Å². The lowest BCUT2D eigenvalue weighted by Gasteiger charge is -2.24. The summed E-state index contributed by atoms with van der Waals surface area (Å²) in [5, 5.41) is 20.3. The van der Waals surface area contributed by atoms with Gasteiger partial charge < -0.3 is 10.2 Å². The van der Waals surface area contributed by atoms with Crippen molar-refractivity contribution in [2.24, 2.45) is 0 Å². The summed E-state index contributed by atoms with van der Waals surface area (Å²) in [7, 11) is 0. The molecule has 2 nitrogen and oxygen atoms in total. The molecule has 1 aliphatic carbocycles. The highest BCUT2D eigenvalue weighted by Gasteiger charge is 2.20. The predicted octanol–water partition coefficient (Wildman–Crippen LogP) is 5.43. The quantitative estimate of drug-likeness (QED) is 0.775. The molecule has 0 aliphatic heterocycles. The molecule has 0 bridgehead atoms. The molecule has 2 N–H and O–H groups in total. The first-order chi connectivity index (χ1) is 10.6. The number of aryl methyl sites for hydroxylation is 1. The van der Waals surface area contributed by atoms with Gasteiger partial charge in [-0.3, -0.25) is 0 Å². The SMILES string of the molecule is Cc1cc(-c2ccc(C3CCCCC3)c(O)c2C)ccc1O. The molecular weight excluding hydrogens is 272 g/mol. The van der Waals surface area contributed by atoms with Crippen LogP contribution in [-0.4, -0.2) is 10.2 Å². The Morgan fingerprint density at radius 2 is 1.64 bits per heavy atom. The van der Waals surface area contributed by atoms with Gasteiger partial charge in [0.2, 0.25) is 0 Å². The van der Waals surface area contributed by atoms with Gasteiger partial charge >= 0.3 is 0 Å². The van der Waals surface area contributed by atoms with Crippen molar-refractivity contribution >= 4 is 0 Å². The normalized spacial score (nSPS) is 15.9. The molecule has 0 aromatic heterocycles. The fourth-order valence-electron chi connectivity index (χ4n) is 3.60. The molecule has 1 fully saturated rings. The lowest BCUT2D eigenvalue weighted by molar-refractivity contribution is 0.412. The minimum Gasteiger partial charge on any atom is -0.508 e. The summed E-state index contributed by atoms with van der Waals surface area (Å²) in [6.45, 7) is 3.88. The van der Waals surface area contributed by atoms with Crippen LogP contribution in [0.2, 0.25) is 0 Å². The van der Waals surface area contributed by atoms with E-state index in [9.17, 15) is 10.2 Å². The summed E-state index contributed by atoms with van der Waals surface area (Å²) in [5.41, 5.74) is 4.98. The Hall–Kier alpha value is -1.96. The molecule has 22 heavy (non-hydrogen) atoms. The third-order valence-corrected chi connectivity index (χ3v) is 5.02. The number of rotatable bonds is 2. The van der Waals surface area contributed by atoms with E-state index in [1.165, 1.54) is 32.1 Å². The Morgan fingerprint density at radius 3 is 2.32 bits per heavy atom. The van der Waals surface area contributed by atoms with Crippen molar-refractivity contribution in [3.8, 4) is 22.6 Å². The summed E-state index contributed by atoms with van der Waals surface area (Å²) in [6.07, 6.45) is 6.22. The predicted molar refractivity (Wildman–Crippen MR) is 90.5 cm³/mol. The van der Waals surface area contributed by atoms with E-state index in [0.717, 1.165) is 27.8 Å². The van der Waals surface area contributed by atoms with Crippen molar-refractivity contribution in [3.63, 3.8) is 0 Å². The van der Waals surface area contributed by atoms with Crippen molar-refractivity contribution < 1.29 is 10.2 Å². The molecule has 0 unspecified atom stereocenters. The molecule has 0 amide bonds. The second-order valence-electron chi connectivity index (χ2n) is 6.51. The largest absolute Gasteiger partial charge is 0.508 e. The van der Waals surface area contributed by atoms with Crippen LogP contribution in [0.5, 0.6) is 11.5 Å². The van der Waals surface area contributed by atoms with Crippen LogP contribution in [0.25, 0.3) is 11.1 Å². The summed E-state index contributed by atoms with van der Waals surface area (Å²) < 4.78 is 0. The van der Waals surface area contributed by atoms with Crippen molar-refractivity contribution in [1.82, 2.24) is 0 Å². The molecule has 3 rings (SSSR count). The van der Waals surface area contributed by atoms with Gasteiger partial charge in [0.1, 0.15) is 11.5 Å². The van der Waals surface area contributed by atoms with Crippen molar-refractivity contribution in [1.29, 1.82) is 0 Å². The summed E-state index contributed by atoms with van der Waals surface area (Å²) >= 11 is 0. The Balaban J connectivity index is 2.00. The van der Waals surface area contributed by atoms with E-state index >= 15 is 0 Å². The second kappa shape index (κ2) is 6.04. The van der Waals surface area contributed by atoms with Crippen LogP contribution in [-0.2, 0) is 0 Å². The maximum Gasteiger partial charge on any atom is 0.122 e. The number of hydrogen-bond acceptors (Lipinski definition) is 2. The minimum atomic E-state index is 0.310. The lowest BCUT2D eigenvalue weighted by atomic mass is 9.82. The second-order valence-corrected chi connectivity index (χ2v) is 6.51. The standard InChI is InChI=1S/C20H24O2/c1-13-12-16(8-11-19(13)21)17-9-10-18(20(22)14(17)2)15-6-4-3-5-7-15/h8-12,15,21-22H,3-7H2,1-2H3. The van der Waals surface area contributed by atoms with Crippen LogP contribution in [0.1, 0.15) is 54.7 Å². The number of aromatic hydroxyl groups is 2. The van der Waals surface area contributed by atoms with Crippen LogP contribution in [0.3, 0.4) is 0 Å². The van der Waals surface area contributed by atoms with Gasteiger partial charge in [-0.1, -0.05) is 37.5 Å². The van der Waals surface area contributed by atoms with Gasteiger partial charge in [0.25, 0.3) is 0 Å². The summed E-state index contributed by atoms with van der Waals surface area (Å²) in [5.74, 6) is 1.27. The fourth-order valence-corrected chi connectivity index (χ4v) is 3.60. The Morgan fingerprint density at radius 1 is 0.909 bits per heavy atom. The summed E-state index contributed by atoms with van der Waals surface area (Å²) in [6, 6.07) is 9.80. The number of phenolic OH excluding ortho intramolecular Hbond substituents is 2. The van der Waals surface area contributed by atoms with Crippen molar-refractivity contribution in [2.45, 2.75) is 51.9 Å². The monoisotopic (exact) mass is 296 g/mol. The van der Waals surface area contributed by atoms with Crippen molar-refractivity contribution in [2.75, 3.05) is 0 Å². The van der Waals surface area contributed by atoms with E-state index in [0.29, 0.717) is 17.4 Å². The average Bonchev–Trinajstić information content (AvgIpc) is 2.54. The lowest BCUT2D eigenvalue weighted by Crippen LogP contribution is -2.05. The molecule has 0 spiro atoms. The molecule has 0 saturated heterocycles. The number of phenols is 2. The zero-order chi connectivity index (χ0) is 15.7. The average molecular weight is 296 g/mol. The van der Waals surface area contributed by atoms with Crippen LogP contribution in [0, 0.1) is 13.8 Å². The zero-order valence-corrected chi connectivity index (χ0v) is 13.4. The van der Waals surface area contributed by atoms with E-state index < -0.39 is 0 Å². The molecular formula is C20H24O2. The highest BCUT2D eigenvalue weighted by molar-refractivity contribution is 5.72. The molecule has 2 aromatic rings. The fraction of sp³-hybridized carbons (Fsp3) is 0.400. The molecule has 2 aromatic carbocycles. The first-order valence-electron chi connectivity index (χ1n) is 8.20. The molecule has 0 heterocycles. The number of benzene rings is 2. The van der Waals surface area contributed by atoms with E-state index in [2.05, 4.69) is 12.1 Å². The van der Waals surface area contributed by atoms with E-state index in [1.807, 2.05) is 26.0 Å². The minimum absolute atomic E-state index is 0.310. The topological polar surface area (TPSA) is 40.5 Å². The van der Waals surface area contributed by atoms with Gasteiger partial charge in [0.15, 0.2) is 0 Å². The smallest absolute Gasteiger partial charge is 0.122 e. The molecule has 1 aliphatic rings. The Bertz CT molecular complexity index is 682. The van der Waals surface area contributed by atoms with Crippen LogP contribution in [0.4, 0.5) is 0 Å². The zero-order valence-electron chi connectivity index (χ0n) is 13.4. The van der Waals surface area contributed by atoms with Gasteiger partial charge in [0.05, 0.1) is 0 Å². The van der Waals surface area contributed by atoms with Crippen LogP contribution < -0.4 is 0 Å². The van der Waals surface area contributed by atoms with Crippen LogP contribution >= 0.6 is 0 Å². The van der Waals surface area contributed by atoms with Gasteiger partial charge in [-0.25, -0.2) is 0 Å². The molecule has 1 saturated carbocycles. The van der Waals surface area contributed by atoms with E-state index in [4.69, 9.17) is 0 Å². The molecule has 116 valence electrons. The van der Waals surface area contributed by atoms with Gasteiger partial charge in [-0.2, -0.15) is 0 Å². The first-order valence-corrected chi connectivity index (χ1v) is 8.20. The van der Waals surface area contributed by atoms with E-state index in [1.54, 1.807) is 6.07 Å². The summed E-state index contributed by atoms with van der Waals surface area (Å²) in [4.78, 5) is 0. The maximum absolute atomic E-state index is 10.7. The Labute approximate surface area is 132 Å². The highest BCUT2D eigenvalue weighted by Crippen LogP contribution is 2.41. The first kappa shape index (κ1) is 15.0. The van der Waals surface area contributed by atoms with Crippen LogP contribution in [0.15, 0.2) is 30.3 Å². The molecule has 0 radical (unpaired) electrons. The maximum atomic E-state index is 10.7. The Kier molecular flexibility index (Phi) is 4.10. The molecule has 0 atom stereocenters. The number of hydrogen-bond donors (Lipinski definition) is 2. The molecule has 2 heteroatoms. The third-order valence-electron chi connectivity index (χ3n) is 5.02.